The number of sulfonamides is 1. The minimum atomic E-state index is -4.08. The maximum atomic E-state index is 14.1. The molecule has 0 amide bonds. The summed E-state index contributed by atoms with van der Waals surface area (Å²) in [6.07, 6.45) is 0. The smallest absolute Gasteiger partial charge is 0.276 e. The molecule has 0 radical (unpaired) electrons. The summed E-state index contributed by atoms with van der Waals surface area (Å²) >= 11 is 0. The van der Waals surface area contributed by atoms with Crippen molar-refractivity contribution in [1.29, 1.82) is 0 Å². The minimum absolute atomic E-state index is 0. The lowest BCUT2D eigenvalue weighted by Crippen LogP contribution is -2.30. The highest BCUT2D eigenvalue weighted by atomic mass is 35.5. The summed E-state index contributed by atoms with van der Waals surface area (Å²) in [5.41, 5.74) is 6.08. The number of rotatable bonds is 5. The van der Waals surface area contributed by atoms with E-state index in [1.807, 2.05) is 30.3 Å². The van der Waals surface area contributed by atoms with Crippen molar-refractivity contribution in [3.8, 4) is 0 Å². The van der Waals surface area contributed by atoms with E-state index in [0.29, 0.717) is 6.54 Å². The van der Waals surface area contributed by atoms with Gasteiger partial charge in [-0.25, -0.2) is 12.8 Å². The van der Waals surface area contributed by atoms with Gasteiger partial charge in [0.1, 0.15) is 5.82 Å². The van der Waals surface area contributed by atoms with Crippen LogP contribution in [0, 0.1) is 28.8 Å². The lowest BCUT2D eigenvalue weighted by Gasteiger charge is -2.17. The van der Waals surface area contributed by atoms with Crippen LogP contribution in [-0.4, -0.2) is 37.3 Å². The standard InChI is InChI=1S/C18H20FN3O4S.ClH/c1-12-17(19)7-15(8-18(12)22(23)24)27(25,26)21-10-14(9-20)16(11-21)13-5-3-2-4-6-13;/h2-8,14,16H,9-11,20H2,1H3;1H/t14-,16+;/m1./s1. The van der Waals surface area contributed by atoms with Gasteiger partial charge in [-0.05, 0) is 31.0 Å². The number of nitrogens with zero attached hydrogens (tertiary/aromatic N) is 2. The third-order valence-corrected chi connectivity index (χ3v) is 6.87. The van der Waals surface area contributed by atoms with E-state index in [2.05, 4.69) is 0 Å². The fraction of sp³-hybridized carbons (Fsp3) is 0.333. The van der Waals surface area contributed by atoms with Gasteiger partial charge in [0, 0.05) is 25.1 Å². The molecule has 1 fully saturated rings. The zero-order valence-electron chi connectivity index (χ0n) is 15.1. The van der Waals surface area contributed by atoms with Gasteiger partial charge in [0.2, 0.25) is 10.0 Å². The first-order chi connectivity index (χ1) is 12.8. The molecule has 0 spiro atoms. The number of benzene rings is 2. The Morgan fingerprint density at radius 3 is 2.46 bits per heavy atom. The monoisotopic (exact) mass is 429 g/mol. The van der Waals surface area contributed by atoms with Crippen LogP contribution in [0.3, 0.4) is 0 Å². The molecule has 1 aliphatic heterocycles. The molecule has 0 aromatic heterocycles. The van der Waals surface area contributed by atoms with Crippen molar-refractivity contribution in [3.63, 3.8) is 0 Å². The summed E-state index contributed by atoms with van der Waals surface area (Å²) in [6, 6.07) is 11.2. The summed E-state index contributed by atoms with van der Waals surface area (Å²) in [7, 11) is -4.08. The van der Waals surface area contributed by atoms with Crippen molar-refractivity contribution in [2.75, 3.05) is 19.6 Å². The van der Waals surface area contributed by atoms with Crippen molar-refractivity contribution in [2.45, 2.75) is 17.7 Å². The molecule has 2 N–H and O–H groups in total. The van der Waals surface area contributed by atoms with Gasteiger partial charge in [0.25, 0.3) is 5.69 Å². The van der Waals surface area contributed by atoms with Gasteiger partial charge in [-0.3, -0.25) is 10.1 Å². The predicted octanol–water partition coefficient (Wildman–Crippen LogP) is 2.83. The first kappa shape index (κ1) is 22.2. The summed E-state index contributed by atoms with van der Waals surface area (Å²) in [4.78, 5) is 9.93. The molecule has 0 unspecified atom stereocenters. The van der Waals surface area contributed by atoms with Gasteiger partial charge in [0.05, 0.1) is 15.4 Å². The predicted molar refractivity (Wildman–Crippen MR) is 106 cm³/mol. The van der Waals surface area contributed by atoms with Crippen molar-refractivity contribution in [2.24, 2.45) is 11.7 Å². The average molecular weight is 430 g/mol. The molecule has 1 heterocycles. The van der Waals surface area contributed by atoms with E-state index in [4.69, 9.17) is 5.73 Å². The largest absolute Gasteiger partial charge is 0.330 e. The van der Waals surface area contributed by atoms with Crippen LogP contribution in [0.4, 0.5) is 10.1 Å². The topological polar surface area (TPSA) is 107 Å². The van der Waals surface area contributed by atoms with E-state index in [1.165, 1.54) is 11.2 Å². The van der Waals surface area contributed by atoms with Gasteiger partial charge >= 0.3 is 0 Å². The van der Waals surface area contributed by atoms with Crippen LogP contribution in [-0.2, 0) is 10.0 Å². The van der Waals surface area contributed by atoms with E-state index in [0.717, 1.165) is 17.7 Å². The van der Waals surface area contributed by atoms with Gasteiger partial charge in [-0.15, -0.1) is 12.4 Å². The lowest BCUT2D eigenvalue weighted by molar-refractivity contribution is -0.385. The van der Waals surface area contributed by atoms with Crippen molar-refractivity contribution < 1.29 is 17.7 Å². The molecule has 2 aromatic carbocycles. The van der Waals surface area contributed by atoms with Gasteiger partial charge in [-0.1, -0.05) is 30.3 Å². The molecule has 1 aliphatic rings. The quantitative estimate of drug-likeness (QED) is 0.581. The Labute approximate surface area is 169 Å². The van der Waals surface area contributed by atoms with E-state index >= 15 is 0 Å². The second-order valence-corrected chi connectivity index (χ2v) is 8.58. The SMILES string of the molecule is Cc1c(F)cc(S(=O)(=O)N2C[C@@H](CN)[C@H](c3ccccc3)C2)cc1[N+](=O)[O-].Cl. The van der Waals surface area contributed by atoms with E-state index in [-0.39, 0.29) is 42.9 Å². The molecule has 3 rings (SSSR count). The highest BCUT2D eigenvalue weighted by molar-refractivity contribution is 7.89. The van der Waals surface area contributed by atoms with E-state index < -0.39 is 31.3 Å². The summed E-state index contributed by atoms with van der Waals surface area (Å²) in [5, 5.41) is 11.1. The second kappa shape index (κ2) is 8.52. The summed E-state index contributed by atoms with van der Waals surface area (Å²) in [6.45, 7) is 1.92. The number of nitro groups is 1. The Bertz CT molecular complexity index is 972. The van der Waals surface area contributed by atoms with Gasteiger partial charge < -0.3 is 5.73 Å². The molecule has 0 aliphatic carbocycles. The Morgan fingerprint density at radius 2 is 1.89 bits per heavy atom. The zero-order valence-corrected chi connectivity index (χ0v) is 16.7. The molecule has 0 bridgehead atoms. The second-order valence-electron chi connectivity index (χ2n) is 6.64. The fourth-order valence-corrected chi connectivity index (χ4v) is 5.03. The summed E-state index contributed by atoms with van der Waals surface area (Å²) in [5.74, 6) is -1.10. The highest BCUT2D eigenvalue weighted by Crippen LogP contribution is 2.36. The molecule has 0 saturated carbocycles. The molecule has 10 heteroatoms. The normalized spacial score (nSPS) is 20.0. The Balaban J connectivity index is 0.00000280. The number of hydrogen-bond donors (Lipinski definition) is 1. The molecule has 7 nitrogen and oxygen atoms in total. The van der Waals surface area contributed by atoms with Crippen LogP contribution in [0.1, 0.15) is 17.0 Å². The maximum absolute atomic E-state index is 14.1. The molecule has 2 atom stereocenters. The third-order valence-electron chi connectivity index (χ3n) is 5.06. The average Bonchev–Trinajstić information content (AvgIpc) is 3.09. The Hall–Kier alpha value is -2.07. The zero-order chi connectivity index (χ0) is 19.8. The molecule has 1 saturated heterocycles. The minimum Gasteiger partial charge on any atom is -0.330 e. The number of nitro benzene ring substituents is 1. The highest BCUT2D eigenvalue weighted by Gasteiger charge is 2.40. The first-order valence-corrected chi connectivity index (χ1v) is 9.89. The van der Waals surface area contributed by atoms with E-state index in [9.17, 15) is 22.9 Å². The van der Waals surface area contributed by atoms with Crippen LogP contribution in [0.5, 0.6) is 0 Å². The maximum Gasteiger partial charge on any atom is 0.276 e. The molecule has 28 heavy (non-hydrogen) atoms. The number of halogens is 2. The molecular formula is C18H21ClFN3O4S. The van der Waals surface area contributed by atoms with Gasteiger partial charge in [0.15, 0.2) is 0 Å². The Kier molecular flexibility index (Phi) is 6.76. The lowest BCUT2D eigenvalue weighted by atomic mass is 9.89. The number of nitrogens with two attached hydrogens (primary N) is 1. The fourth-order valence-electron chi connectivity index (χ4n) is 3.47. The molecule has 152 valence electrons. The van der Waals surface area contributed by atoms with E-state index in [1.54, 1.807) is 0 Å². The van der Waals surface area contributed by atoms with Crippen LogP contribution >= 0.6 is 12.4 Å². The molecular weight excluding hydrogens is 409 g/mol. The van der Waals surface area contributed by atoms with Crippen molar-refractivity contribution >= 4 is 28.1 Å². The van der Waals surface area contributed by atoms with Crippen LogP contribution < -0.4 is 5.73 Å². The van der Waals surface area contributed by atoms with Gasteiger partial charge in [-0.2, -0.15) is 4.31 Å². The Morgan fingerprint density at radius 1 is 1.25 bits per heavy atom. The van der Waals surface area contributed by atoms with Crippen LogP contribution in [0.2, 0.25) is 0 Å². The van der Waals surface area contributed by atoms with Crippen LogP contribution in [0.15, 0.2) is 47.4 Å². The van der Waals surface area contributed by atoms with Crippen LogP contribution in [0.25, 0.3) is 0 Å². The van der Waals surface area contributed by atoms with Crippen molar-refractivity contribution in [1.82, 2.24) is 4.31 Å². The number of hydrogen-bond acceptors (Lipinski definition) is 5. The first-order valence-electron chi connectivity index (χ1n) is 8.45. The summed E-state index contributed by atoms with van der Waals surface area (Å²) < 4.78 is 41.3. The van der Waals surface area contributed by atoms with Crippen molar-refractivity contribution in [3.05, 3.63) is 69.5 Å². The molecule has 2 aromatic rings. The third kappa shape index (κ3) is 4.02.